The lowest BCUT2D eigenvalue weighted by molar-refractivity contribution is 0.261. The van der Waals surface area contributed by atoms with Gasteiger partial charge in [-0.15, -0.1) is 28.7 Å². The molecule has 0 fully saturated rings. The van der Waals surface area contributed by atoms with Gasteiger partial charge in [0.25, 0.3) is 0 Å². The predicted molar refractivity (Wildman–Crippen MR) is 170 cm³/mol. The van der Waals surface area contributed by atoms with E-state index in [2.05, 4.69) is 41.6 Å². The normalized spacial score (nSPS) is 12.6. The predicted octanol–water partition coefficient (Wildman–Crippen LogP) is 10.2. The van der Waals surface area contributed by atoms with Crippen molar-refractivity contribution in [3.63, 3.8) is 0 Å². The summed E-state index contributed by atoms with van der Waals surface area (Å²) in [5, 5.41) is 6.44. The van der Waals surface area contributed by atoms with E-state index in [9.17, 15) is 4.79 Å². The molecule has 2 amide bonds. The van der Waals surface area contributed by atoms with Crippen LogP contribution in [0.4, 0.5) is 16.2 Å². The maximum absolute atomic E-state index is 12.7. The number of nitrogens with one attached hydrogen (secondary N) is 2. The summed E-state index contributed by atoms with van der Waals surface area (Å²) in [7, 11) is 0. The summed E-state index contributed by atoms with van der Waals surface area (Å²) >= 11 is 8.05. The zero-order valence-corrected chi connectivity index (χ0v) is 26.1. The second-order valence-corrected chi connectivity index (χ2v) is 11.3. The van der Waals surface area contributed by atoms with Gasteiger partial charge in [-0.3, -0.25) is 0 Å². The first kappa shape index (κ1) is 32.4. The molecule has 0 aliphatic carbocycles. The van der Waals surface area contributed by atoms with Gasteiger partial charge in [-0.05, 0) is 48.1 Å². The summed E-state index contributed by atoms with van der Waals surface area (Å²) in [6.07, 6.45) is 15.0. The molecular weight excluding hydrogens is 582 g/mol. The number of amides is 2. The quantitative estimate of drug-likeness (QED) is 0.182. The van der Waals surface area contributed by atoms with Crippen LogP contribution in [-0.4, -0.2) is 23.4 Å². The molecule has 0 unspecified atom stereocenters. The van der Waals surface area contributed by atoms with Crippen molar-refractivity contribution in [1.29, 1.82) is 0 Å². The molecule has 38 heavy (non-hydrogen) atoms. The van der Waals surface area contributed by atoms with Crippen molar-refractivity contribution in [2.45, 2.75) is 84.6 Å². The highest BCUT2D eigenvalue weighted by atomic mass is 79.9. The van der Waals surface area contributed by atoms with Gasteiger partial charge in [0.15, 0.2) is 0 Å². The summed E-state index contributed by atoms with van der Waals surface area (Å²) in [4.78, 5) is 16.3. The van der Waals surface area contributed by atoms with Crippen LogP contribution < -0.4 is 15.4 Å². The Hall–Kier alpha value is -1.83. The number of carbonyl (C=O) groups excluding carboxylic acids is 1. The monoisotopic (exact) mass is 623 g/mol. The number of ether oxygens (including phenoxy) is 1. The van der Waals surface area contributed by atoms with E-state index in [1.54, 1.807) is 18.2 Å². The Labute approximate surface area is 248 Å². The Morgan fingerprint density at radius 3 is 2.37 bits per heavy atom. The van der Waals surface area contributed by atoms with E-state index in [-0.39, 0.29) is 23.0 Å². The van der Waals surface area contributed by atoms with Gasteiger partial charge in [0.05, 0.1) is 18.2 Å². The largest absolute Gasteiger partial charge is 0.491 e. The van der Waals surface area contributed by atoms with Gasteiger partial charge in [-0.25, -0.2) is 4.79 Å². The van der Waals surface area contributed by atoms with Crippen molar-refractivity contribution < 1.29 is 9.53 Å². The van der Waals surface area contributed by atoms with Gasteiger partial charge in [0, 0.05) is 29.5 Å². The zero-order chi connectivity index (χ0) is 26.3. The molecule has 0 atom stereocenters. The molecule has 1 heterocycles. The van der Waals surface area contributed by atoms with Crippen molar-refractivity contribution >= 4 is 57.8 Å². The lowest BCUT2D eigenvalue weighted by Crippen LogP contribution is -2.20. The van der Waals surface area contributed by atoms with E-state index in [4.69, 9.17) is 16.3 Å². The SMILES string of the molecule is Br.CCCCCCCCCCCCOc1cc(Cl)ccc1NC(=O)Nc1cccc(CN2C=C(C)SC2)c1. The van der Waals surface area contributed by atoms with Crippen LogP contribution in [0.2, 0.25) is 5.02 Å². The van der Waals surface area contributed by atoms with Crippen molar-refractivity contribution in [3.8, 4) is 5.75 Å². The summed E-state index contributed by atoms with van der Waals surface area (Å²) < 4.78 is 6.00. The number of hydrogen-bond acceptors (Lipinski definition) is 4. The topological polar surface area (TPSA) is 53.6 Å². The molecule has 3 rings (SSSR count). The van der Waals surface area contributed by atoms with E-state index < -0.39 is 0 Å². The summed E-state index contributed by atoms with van der Waals surface area (Å²) in [6.45, 7) is 5.81. The van der Waals surface area contributed by atoms with Crippen LogP contribution in [-0.2, 0) is 6.54 Å². The van der Waals surface area contributed by atoms with Crippen LogP contribution in [0.15, 0.2) is 53.6 Å². The average molecular weight is 625 g/mol. The fraction of sp³-hybridized carbons (Fsp3) is 0.500. The van der Waals surface area contributed by atoms with Crippen LogP contribution in [0.5, 0.6) is 5.75 Å². The van der Waals surface area contributed by atoms with E-state index >= 15 is 0 Å². The molecule has 0 spiro atoms. The highest BCUT2D eigenvalue weighted by Gasteiger charge is 2.12. The van der Waals surface area contributed by atoms with Crippen LogP contribution in [0.1, 0.15) is 83.6 Å². The molecular formula is C30H43BrClN3O2S. The van der Waals surface area contributed by atoms with Crippen LogP contribution >= 0.6 is 40.3 Å². The number of anilines is 2. The molecule has 0 bridgehead atoms. The number of rotatable bonds is 16. The van der Waals surface area contributed by atoms with Crippen molar-refractivity contribution in [3.05, 3.63) is 64.2 Å². The average Bonchev–Trinajstić information content (AvgIpc) is 3.28. The number of benzene rings is 2. The third-order valence-electron chi connectivity index (χ3n) is 6.34. The summed E-state index contributed by atoms with van der Waals surface area (Å²) in [6, 6.07) is 12.9. The first-order chi connectivity index (χ1) is 18.0. The highest BCUT2D eigenvalue weighted by molar-refractivity contribution is 8.93. The van der Waals surface area contributed by atoms with Gasteiger partial charge >= 0.3 is 6.03 Å². The molecule has 0 saturated carbocycles. The smallest absolute Gasteiger partial charge is 0.323 e. The number of thioether (sulfide) groups is 1. The van der Waals surface area contributed by atoms with Gasteiger partial charge < -0.3 is 20.3 Å². The molecule has 0 aromatic heterocycles. The van der Waals surface area contributed by atoms with E-state index in [1.807, 2.05) is 30.0 Å². The maximum atomic E-state index is 12.7. The molecule has 2 N–H and O–H groups in total. The first-order valence-corrected chi connectivity index (χ1v) is 15.0. The van der Waals surface area contributed by atoms with Gasteiger partial charge in [0.1, 0.15) is 5.75 Å². The van der Waals surface area contributed by atoms with Gasteiger partial charge in [-0.2, -0.15) is 0 Å². The first-order valence-electron chi connectivity index (χ1n) is 13.7. The minimum Gasteiger partial charge on any atom is -0.491 e. The molecule has 1 aliphatic rings. The Morgan fingerprint density at radius 2 is 1.68 bits per heavy atom. The Bertz CT molecular complexity index is 1020. The molecule has 210 valence electrons. The summed E-state index contributed by atoms with van der Waals surface area (Å²) in [5.41, 5.74) is 2.51. The minimum absolute atomic E-state index is 0. The second-order valence-electron chi connectivity index (χ2n) is 9.71. The van der Waals surface area contributed by atoms with Crippen molar-refractivity contribution in [2.24, 2.45) is 0 Å². The lowest BCUT2D eigenvalue weighted by Gasteiger charge is -2.16. The zero-order valence-electron chi connectivity index (χ0n) is 22.8. The Kier molecular flexibility index (Phi) is 15.7. The number of halogens is 2. The molecule has 2 aromatic carbocycles. The fourth-order valence-corrected chi connectivity index (χ4v) is 5.29. The van der Waals surface area contributed by atoms with Gasteiger partial charge in [0.2, 0.25) is 0 Å². The number of urea groups is 1. The number of nitrogens with zero attached hydrogens (tertiary/aromatic N) is 1. The lowest BCUT2D eigenvalue weighted by atomic mass is 10.1. The summed E-state index contributed by atoms with van der Waals surface area (Å²) in [5.74, 6) is 1.56. The molecule has 8 heteroatoms. The number of carbonyl (C=O) groups is 1. The fourth-order valence-electron chi connectivity index (χ4n) is 4.36. The van der Waals surface area contributed by atoms with Crippen LogP contribution in [0, 0.1) is 0 Å². The van der Waals surface area contributed by atoms with E-state index in [1.165, 1.54) is 56.3 Å². The minimum atomic E-state index is -0.310. The Morgan fingerprint density at radius 1 is 0.974 bits per heavy atom. The van der Waals surface area contributed by atoms with Crippen LogP contribution in [0.25, 0.3) is 0 Å². The van der Waals surface area contributed by atoms with Crippen molar-refractivity contribution in [2.75, 3.05) is 23.1 Å². The number of hydrogen-bond donors (Lipinski definition) is 2. The third-order valence-corrected chi connectivity index (χ3v) is 7.60. The van der Waals surface area contributed by atoms with Crippen LogP contribution in [0.3, 0.4) is 0 Å². The molecule has 2 aromatic rings. The third kappa shape index (κ3) is 12.4. The number of allylic oxidation sites excluding steroid dienone is 1. The van der Waals surface area contributed by atoms with E-state index in [0.717, 1.165) is 36.5 Å². The number of unbranched alkanes of at least 4 members (excludes halogenated alkanes) is 9. The molecule has 1 aliphatic heterocycles. The standard InChI is InChI=1S/C30H42ClN3O2S.BrH/c1-3-4-5-6-7-8-9-10-11-12-18-36-29-20-26(31)16-17-28(29)33-30(35)32-27-15-13-14-25(19-27)22-34-21-24(2)37-23-34;/h13-17,19-21H,3-12,18,22-23H2,1-2H3,(H2,32,33,35);1H. The van der Waals surface area contributed by atoms with Gasteiger partial charge in [-0.1, -0.05) is 88.4 Å². The molecule has 0 saturated heterocycles. The Balaban J connectivity index is 0.00000507. The molecule has 5 nitrogen and oxygen atoms in total. The second kappa shape index (κ2) is 18.5. The highest BCUT2D eigenvalue weighted by Crippen LogP contribution is 2.29. The molecule has 0 radical (unpaired) electrons. The van der Waals surface area contributed by atoms with E-state index in [0.29, 0.717) is 23.1 Å². The maximum Gasteiger partial charge on any atom is 0.323 e. The van der Waals surface area contributed by atoms with Crippen molar-refractivity contribution in [1.82, 2.24) is 4.90 Å².